The lowest BCUT2D eigenvalue weighted by Gasteiger charge is -2.23. The van der Waals surface area contributed by atoms with Gasteiger partial charge in [-0.15, -0.1) is 0 Å². The van der Waals surface area contributed by atoms with Crippen molar-refractivity contribution in [1.82, 2.24) is 20.4 Å². The fourth-order valence-corrected chi connectivity index (χ4v) is 3.10. The summed E-state index contributed by atoms with van der Waals surface area (Å²) < 4.78 is 22.0. The summed E-state index contributed by atoms with van der Waals surface area (Å²) in [5.41, 5.74) is 0. The SMILES string of the molecule is O=C(O)CN1C(=O)N[C@@H]2O[C@@H]([C@@H]3O[C@@H]4NC(=O)N(CC(=O)O)[C@H]4O3)O[C@H]21. The third-order valence-corrected chi connectivity index (χ3v) is 4.13. The van der Waals surface area contributed by atoms with E-state index in [0.29, 0.717) is 0 Å². The fourth-order valence-electron chi connectivity index (χ4n) is 3.10. The minimum atomic E-state index is -1.22. The summed E-state index contributed by atoms with van der Waals surface area (Å²) in [7, 11) is 0. The van der Waals surface area contributed by atoms with E-state index in [1.165, 1.54) is 0 Å². The molecule has 0 aromatic rings. The Morgan fingerprint density at radius 2 is 1.19 bits per heavy atom. The van der Waals surface area contributed by atoms with Crippen molar-refractivity contribution in [1.29, 1.82) is 0 Å². The van der Waals surface area contributed by atoms with E-state index in [0.717, 1.165) is 9.80 Å². The predicted octanol–water partition coefficient (Wildman–Crippen LogP) is -2.74. The Morgan fingerprint density at radius 1 is 0.808 bits per heavy atom. The van der Waals surface area contributed by atoms with Gasteiger partial charge in [-0.3, -0.25) is 19.4 Å². The van der Waals surface area contributed by atoms with Gasteiger partial charge in [0, 0.05) is 0 Å². The second kappa shape index (κ2) is 5.94. The van der Waals surface area contributed by atoms with E-state index in [1.807, 2.05) is 0 Å². The number of carbonyl (C=O) groups excluding carboxylic acids is 2. The van der Waals surface area contributed by atoms with E-state index in [4.69, 9.17) is 29.2 Å². The lowest BCUT2D eigenvalue weighted by atomic mass is 10.4. The molecule has 4 fully saturated rings. The van der Waals surface area contributed by atoms with Crippen LogP contribution in [0.5, 0.6) is 0 Å². The molecule has 0 saturated carbocycles. The highest BCUT2D eigenvalue weighted by molar-refractivity contribution is 5.83. The topological polar surface area (TPSA) is 176 Å². The molecule has 4 rings (SSSR count). The van der Waals surface area contributed by atoms with Gasteiger partial charge in [0.05, 0.1) is 0 Å². The van der Waals surface area contributed by atoms with Gasteiger partial charge in [-0.1, -0.05) is 0 Å². The number of nitrogens with zero attached hydrogens (tertiary/aromatic N) is 2. The van der Waals surface area contributed by atoms with Crippen molar-refractivity contribution >= 4 is 24.0 Å². The summed E-state index contributed by atoms with van der Waals surface area (Å²) in [6.45, 7) is -1.16. The zero-order valence-electron chi connectivity index (χ0n) is 12.9. The van der Waals surface area contributed by atoms with Crippen molar-refractivity contribution in [2.24, 2.45) is 0 Å². The van der Waals surface area contributed by atoms with Crippen molar-refractivity contribution in [2.45, 2.75) is 37.5 Å². The lowest BCUT2D eigenvalue weighted by Crippen LogP contribution is -2.43. The molecule has 4 N–H and O–H groups in total. The van der Waals surface area contributed by atoms with Crippen LogP contribution in [0.1, 0.15) is 0 Å². The van der Waals surface area contributed by atoms with E-state index in [-0.39, 0.29) is 0 Å². The number of carbonyl (C=O) groups is 4. The Hall–Kier alpha value is -2.68. The molecule has 4 heterocycles. The van der Waals surface area contributed by atoms with Crippen LogP contribution in [-0.4, -0.2) is 94.6 Å². The summed E-state index contributed by atoms with van der Waals surface area (Å²) in [5, 5.41) is 22.6. The molecule has 14 nitrogen and oxygen atoms in total. The Bertz CT molecular complexity index is 616. The molecule has 0 spiro atoms. The number of carboxylic acid groups (broad SMARTS) is 2. The summed E-state index contributed by atoms with van der Waals surface area (Å²) in [6.07, 6.45) is -6.03. The molecule has 0 aliphatic carbocycles. The largest absolute Gasteiger partial charge is 0.480 e. The number of amides is 4. The van der Waals surface area contributed by atoms with Crippen molar-refractivity contribution in [3.8, 4) is 0 Å². The molecule has 0 bridgehead atoms. The van der Waals surface area contributed by atoms with Crippen molar-refractivity contribution in [3.05, 3.63) is 0 Å². The average Bonchev–Trinajstić information content (AvgIpc) is 3.24. The van der Waals surface area contributed by atoms with Crippen LogP contribution in [0.15, 0.2) is 0 Å². The van der Waals surface area contributed by atoms with Gasteiger partial charge in [-0.05, 0) is 0 Å². The van der Waals surface area contributed by atoms with Crippen LogP contribution in [0, 0.1) is 0 Å². The van der Waals surface area contributed by atoms with Gasteiger partial charge in [0.25, 0.3) is 0 Å². The van der Waals surface area contributed by atoms with Gasteiger partial charge in [0.1, 0.15) is 13.1 Å². The lowest BCUT2D eigenvalue weighted by molar-refractivity contribution is -0.235. The van der Waals surface area contributed by atoms with Crippen LogP contribution in [0.2, 0.25) is 0 Å². The Labute approximate surface area is 144 Å². The Balaban J connectivity index is 1.40. The maximum absolute atomic E-state index is 11.7. The van der Waals surface area contributed by atoms with E-state index < -0.39 is 74.6 Å². The maximum Gasteiger partial charge on any atom is 0.323 e. The molecule has 4 aliphatic rings. The number of rotatable bonds is 5. The number of fused-ring (bicyclic) bond motifs is 2. The van der Waals surface area contributed by atoms with E-state index in [2.05, 4.69) is 10.6 Å². The van der Waals surface area contributed by atoms with Gasteiger partial charge < -0.3 is 39.8 Å². The molecule has 4 aliphatic heterocycles. The number of nitrogens with one attached hydrogen (secondary N) is 2. The van der Waals surface area contributed by atoms with Crippen LogP contribution in [0.4, 0.5) is 9.59 Å². The van der Waals surface area contributed by atoms with Crippen LogP contribution >= 0.6 is 0 Å². The molecule has 4 amide bonds. The molecule has 26 heavy (non-hydrogen) atoms. The monoisotopic (exact) mass is 374 g/mol. The normalized spacial score (nSPS) is 38.2. The molecular formula is C12H14N4O10. The number of urea groups is 2. The van der Waals surface area contributed by atoms with Gasteiger partial charge in [0.2, 0.25) is 12.6 Å². The zero-order chi connectivity index (χ0) is 18.6. The van der Waals surface area contributed by atoms with E-state index in [9.17, 15) is 19.2 Å². The number of carboxylic acids is 2. The third kappa shape index (κ3) is 2.68. The number of ether oxygens (including phenoxy) is 4. The first-order chi connectivity index (χ1) is 12.3. The molecule has 4 saturated heterocycles. The highest BCUT2D eigenvalue weighted by Gasteiger charge is 2.57. The summed E-state index contributed by atoms with van der Waals surface area (Å²) >= 11 is 0. The van der Waals surface area contributed by atoms with E-state index in [1.54, 1.807) is 0 Å². The van der Waals surface area contributed by atoms with Crippen LogP contribution in [0.25, 0.3) is 0 Å². The molecule has 0 radical (unpaired) electrons. The summed E-state index contributed by atoms with van der Waals surface area (Å²) in [5.74, 6) is -2.44. The van der Waals surface area contributed by atoms with Gasteiger partial charge in [-0.25, -0.2) is 9.59 Å². The first kappa shape index (κ1) is 16.8. The highest BCUT2D eigenvalue weighted by Crippen LogP contribution is 2.34. The Kier molecular flexibility index (Phi) is 3.83. The van der Waals surface area contributed by atoms with Crippen LogP contribution in [-0.2, 0) is 28.5 Å². The standard InChI is InChI=1S/C12H14N4O10/c17-3(18)1-15-7-5(13-11(15)21)23-9(25-7)10-24-6-8(26-10)16(2-4(19)20)12(22)14-6/h5-10H,1-2H2,(H,13,21)(H,14,22)(H,17,18)(H,19,20)/t5-,6+,7-,8+,9-,10-/m1/s1. The van der Waals surface area contributed by atoms with Crippen molar-refractivity contribution in [3.63, 3.8) is 0 Å². The van der Waals surface area contributed by atoms with Crippen LogP contribution < -0.4 is 10.6 Å². The first-order valence-corrected chi connectivity index (χ1v) is 7.53. The second-order valence-corrected chi connectivity index (χ2v) is 5.85. The first-order valence-electron chi connectivity index (χ1n) is 7.53. The quantitative estimate of drug-likeness (QED) is 0.395. The number of aliphatic carboxylic acids is 2. The molecule has 14 heteroatoms. The molecule has 0 aromatic carbocycles. The smallest absolute Gasteiger partial charge is 0.323 e. The molecular weight excluding hydrogens is 360 g/mol. The number of hydrogen-bond acceptors (Lipinski definition) is 8. The van der Waals surface area contributed by atoms with Gasteiger partial charge in [-0.2, -0.15) is 0 Å². The molecule has 0 unspecified atom stereocenters. The van der Waals surface area contributed by atoms with E-state index >= 15 is 0 Å². The molecule has 6 atom stereocenters. The van der Waals surface area contributed by atoms with Crippen LogP contribution in [0.3, 0.4) is 0 Å². The van der Waals surface area contributed by atoms with Crippen molar-refractivity contribution in [2.75, 3.05) is 13.1 Å². The average molecular weight is 374 g/mol. The summed E-state index contributed by atoms with van der Waals surface area (Å²) in [4.78, 5) is 47.0. The Morgan fingerprint density at radius 3 is 1.54 bits per heavy atom. The number of hydrogen-bond donors (Lipinski definition) is 4. The zero-order valence-corrected chi connectivity index (χ0v) is 12.9. The van der Waals surface area contributed by atoms with Gasteiger partial charge in [0.15, 0.2) is 24.9 Å². The molecule has 142 valence electrons. The second-order valence-electron chi connectivity index (χ2n) is 5.85. The summed E-state index contributed by atoms with van der Waals surface area (Å²) in [6, 6.07) is -1.29. The van der Waals surface area contributed by atoms with Crippen molar-refractivity contribution < 1.29 is 48.3 Å². The fraction of sp³-hybridized carbons (Fsp3) is 0.667. The predicted molar refractivity (Wildman–Crippen MR) is 72.8 cm³/mol. The van der Waals surface area contributed by atoms with Gasteiger partial charge >= 0.3 is 24.0 Å². The molecule has 0 aromatic heterocycles. The maximum atomic E-state index is 11.7. The minimum Gasteiger partial charge on any atom is -0.480 e. The highest BCUT2D eigenvalue weighted by atomic mass is 16.8. The third-order valence-electron chi connectivity index (χ3n) is 4.13. The minimum absolute atomic E-state index is 0.580.